The summed E-state index contributed by atoms with van der Waals surface area (Å²) in [6.45, 7) is 0.0308. The standard InChI is InChI=1S/C32H27ClFN5O6/c1-36-30(43)37-15-14-21-24(39(37)31(36)44)16-23-28(41)38(35-20-12-10-19(34)11-13-20)29(42)32(23,17-6-8-18(33)9-7-17)26(21)22-4-3-5-25(45-2)27(22)40/h3-14,23-24,26,35,40H,15-16H2,1-2H3/t23-,24+,26+,32+/m0/s1. The minimum absolute atomic E-state index is 0.00871. The number of hydrogen-bond donors (Lipinski definition) is 2. The van der Waals surface area contributed by atoms with E-state index in [4.69, 9.17) is 16.3 Å². The van der Waals surface area contributed by atoms with Crippen LogP contribution in [-0.2, 0) is 28.6 Å². The molecule has 45 heavy (non-hydrogen) atoms. The van der Waals surface area contributed by atoms with Crippen molar-refractivity contribution in [1.82, 2.24) is 18.9 Å². The van der Waals surface area contributed by atoms with Crippen molar-refractivity contribution in [1.29, 1.82) is 0 Å². The number of phenolic OH excluding ortho intramolecular Hbond substituents is 1. The predicted molar refractivity (Wildman–Crippen MR) is 162 cm³/mol. The maximum absolute atomic E-state index is 15.0. The van der Waals surface area contributed by atoms with E-state index in [0.29, 0.717) is 27.4 Å². The number of hydrogen-bond acceptors (Lipinski definition) is 7. The van der Waals surface area contributed by atoms with Crippen LogP contribution in [0.3, 0.4) is 0 Å². The van der Waals surface area contributed by atoms with Crippen molar-refractivity contribution < 1.29 is 23.8 Å². The van der Waals surface area contributed by atoms with Gasteiger partial charge in [0.05, 0.1) is 36.7 Å². The van der Waals surface area contributed by atoms with Gasteiger partial charge < -0.3 is 9.84 Å². The third-order valence-electron chi connectivity index (χ3n) is 9.27. The molecule has 0 bridgehead atoms. The number of nitrogens with one attached hydrogen (secondary N) is 1. The van der Waals surface area contributed by atoms with Crippen LogP contribution < -0.4 is 21.5 Å². The average molecular weight is 632 g/mol. The Hall–Kier alpha value is -5.10. The van der Waals surface area contributed by atoms with Gasteiger partial charge in [-0.2, -0.15) is 5.01 Å². The van der Waals surface area contributed by atoms with E-state index >= 15 is 0 Å². The molecule has 1 aliphatic carbocycles. The minimum Gasteiger partial charge on any atom is -0.504 e. The third-order valence-corrected chi connectivity index (χ3v) is 9.52. The summed E-state index contributed by atoms with van der Waals surface area (Å²) < 4.78 is 22.8. The highest BCUT2D eigenvalue weighted by Gasteiger charge is 2.69. The zero-order chi connectivity index (χ0) is 31.8. The molecule has 230 valence electrons. The number of para-hydroxylation sites is 1. The highest BCUT2D eigenvalue weighted by molar-refractivity contribution is 6.30. The molecule has 1 saturated heterocycles. The maximum Gasteiger partial charge on any atom is 0.347 e. The summed E-state index contributed by atoms with van der Waals surface area (Å²) in [6, 6.07) is 15.9. The number of imide groups is 1. The number of methoxy groups -OCH3 is 1. The average Bonchev–Trinajstić information content (AvgIpc) is 3.39. The molecule has 13 heteroatoms. The Morgan fingerprint density at radius 3 is 2.40 bits per heavy atom. The van der Waals surface area contributed by atoms with Gasteiger partial charge in [0.25, 0.3) is 11.8 Å². The largest absolute Gasteiger partial charge is 0.504 e. The summed E-state index contributed by atoms with van der Waals surface area (Å²) in [5, 5.41) is 12.9. The maximum atomic E-state index is 15.0. The molecule has 2 fully saturated rings. The lowest BCUT2D eigenvalue weighted by Crippen LogP contribution is -2.53. The molecule has 2 aliphatic heterocycles. The van der Waals surface area contributed by atoms with Crippen LogP contribution in [-0.4, -0.2) is 43.0 Å². The van der Waals surface area contributed by atoms with Crippen molar-refractivity contribution in [2.75, 3.05) is 12.5 Å². The number of carbonyl (C=O) groups is 2. The molecule has 1 aromatic heterocycles. The van der Waals surface area contributed by atoms with Gasteiger partial charge in [-0.3, -0.25) is 15.0 Å². The Labute approximate surface area is 260 Å². The van der Waals surface area contributed by atoms with Gasteiger partial charge in [0.15, 0.2) is 11.5 Å². The lowest BCUT2D eigenvalue weighted by atomic mass is 9.53. The van der Waals surface area contributed by atoms with E-state index in [2.05, 4.69) is 5.43 Å². The molecular formula is C32H27ClFN5O6. The molecule has 2 N–H and O–H groups in total. The zero-order valence-corrected chi connectivity index (χ0v) is 24.9. The normalized spacial score (nSPS) is 23.7. The number of carbonyl (C=O) groups excluding carboxylic acids is 2. The number of rotatable bonds is 5. The Bertz CT molecular complexity index is 2030. The molecule has 3 aliphatic rings. The monoisotopic (exact) mass is 631 g/mol. The summed E-state index contributed by atoms with van der Waals surface area (Å²) in [5.41, 5.74) is 1.80. The van der Waals surface area contributed by atoms with Crippen LogP contribution in [0.2, 0.25) is 5.02 Å². The second-order valence-electron chi connectivity index (χ2n) is 11.4. The smallest absolute Gasteiger partial charge is 0.347 e. The third kappa shape index (κ3) is 3.94. The summed E-state index contributed by atoms with van der Waals surface area (Å²) in [5.74, 6) is -3.84. The summed E-state index contributed by atoms with van der Waals surface area (Å²) >= 11 is 6.28. The first-order valence-electron chi connectivity index (χ1n) is 14.2. The number of hydrazine groups is 1. The van der Waals surface area contributed by atoms with Gasteiger partial charge in [-0.15, -0.1) is 0 Å². The SMILES string of the molecule is COc1cccc([C@H]2C3=CCn4c(=O)n(C)c(=O)n4[C@@H]3C[C@H]3C(=O)N(Nc4ccc(F)cc4)C(=O)[C@@]23c2ccc(Cl)cc2)c1O. The topological polar surface area (TPSA) is 128 Å². The van der Waals surface area contributed by atoms with Crippen molar-refractivity contribution in [3.05, 3.63) is 121 Å². The van der Waals surface area contributed by atoms with Gasteiger partial charge in [0, 0.05) is 23.6 Å². The molecule has 0 radical (unpaired) electrons. The molecule has 2 amide bonds. The van der Waals surface area contributed by atoms with E-state index in [-0.39, 0.29) is 24.5 Å². The van der Waals surface area contributed by atoms with Gasteiger partial charge in [-0.1, -0.05) is 41.9 Å². The first-order valence-corrected chi connectivity index (χ1v) is 14.6. The first kappa shape index (κ1) is 28.7. The van der Waals surface area contributed by atoms with Crippen molar-refractivity contribution in [3.8, 4) is 11.5 Å². The Morgan fingerprint density at radius 1 is 1.00 bits per heavy atom. The molecule has 3 heterocycles. The Balaban J connectivity index is 1.53. The summed E-state index contributed by atoms with van der Waals surface area (Å²) in [4.78, 5) is 55.9. The van der Waals surface area contributed by atoms with E-state index in [1.54, 1.807) is 48.5 Å². The van der Waals surface area contributed by atoms with E-state index < -0.39 is 52.3 Å². The van der Waals surface area contributed by atoms with E-state index in [0.717, 1.165) is 9.58 Å². The molecular weight excluding hydrogens is 605 g/mol. The number of phenols is 1. The van der Waals surface area contributed by atoms with Crippen LogP contribution in [0.25, 0.3) is 0 Å². The minimum atomic E-state index is -1.64. The lowest BCUT2D eigenvalue weighted by Gasteiger charge is -2.49. The van der Waals surface area contributed by atoms with Gasteiger partial charge in [0.1, 0.15) is 5.82 Å². The molecule has 4 aromatic rings. The molecule has 7 rings (SSSR count). The predicted octanol–water partition coefficient (Wildman–Crippen LogP) is 3.47. The number of aromatic nitrogens is 3. The fourth-order valence-electron chi connectivity index (χ4n) is 7.31. The van der Waals surface area contributed by atoms with Gasteiger partial charge in [-0.05, 0) is 60.0 Å². The number of fused-ring (bicyclic) bond motifs is 4. The van der Waals surface area contributed by atoms with Gasteiger partial charge >= 0.3 is 11.4 Å². The molecule has 0 spiro atoms. The highest BCUT2D eigenvalue weighted by Crippen LogP contribution is 2.63. The molecule has 11 nitrogen and oxygen atoms in total. The zero-order valence-electron chi connectivity index (χ0n) is 24.1. The van der Waals surface area contributed by atoms with Crippen LogP contribution in [0, 0.1) is 11.7 Å². The van der Waals surface area contributed by atoms with Crippen molar-refractivity contribution in [3.63, 3.8) is 0 Å². The van der Waals surface area contributed by atoms with Crippen LogP contribution in [0.15, 0.2) is 88.0 Å². The molecule has 3 aromatic carbocycles. The number of benzene rings is 3. The lowest BCUT2D eigenvalue weighted by molar-refractivity contribution is -0.138. The molecule has 1 saturated carbocycles. The second kappa shape index (κ2) is 10.2. The van der Waals surface area contributed by atoms with Crippen molar-refractivity contribution >= 4 is 29.1 Å². The fourth-order valence-corrected chi connectivity index (χ4v) is 7.43. The molecule has 4 atom stereocenters. The van der Waals surface area contributed by atoms with E-state index in [9.17, 15) is 28.7 Å². The number of halogens is 2. The second-order valence-corrected chi connectivity index (χ2v) is 11.8. The Morgan fingerprint density at radius 2 is 1.71 bits per heavy atom. The van der Waals surface area contributed by atoms with Crippen LogP contribution in [0.4, 0.5) is 10.1 Å². The van der Waals surface area contributed by atoms with Crippen molar-refractivity contribution in [2.24, 2.45) is 13.0 Å². The van der Waals surface area contributed by atoms with Crippen molar-refractivity contribution in [2.45, 2.75) is 30.3 Å². The summed E-state index contributed by atoms with van der Waals surface area (Å²) in [7, 11) is 2.79. The summed E-state index contributed by atoms with van der Waals surface area (Å²) in [6.07, 6.45) is 1.78. The molecule has 0 unspecified atom stereocenters. The van der Waals surface area contributed by atoms with Crippen LogP contribution in [0.5, 0.6) is 11.5 Å². The number of ether oxygens (including phenoxy) is 1. The fraction of sp³-hybridized carbons (Fsp3) is 0.250. The van der Waals surface area contributed by atoms with Crippen LogP contribution >= 0.6 is 11.6 Å². The van der Waals surface area contributed by atoms with Gasteiger partial charge in [0.2, 0.25) is 0 Å². The number of anilines is 1. The quantitative estimate of drug-likeness (QED) is 0.255. The first-order chi connectivity index (χ1) is 21.6. The van der Waals surface area contributed by atoms with Crippen LogP contribution in [0.1, 0.15) is 29.5 Å². The number of amides is 2. The Kier molecular flexibility index (Phi) is 6.52. The number of aromatic hydroxyl groups is 1. The van der Waals surface area contributed by atoms with E-state index in [1.165, 1.54) is 47.8 Å². The number of nitrogens with zero attached hydrogens (tertiary/aromatic N) is 4. The highest BCUT2D eigenvalue weighted by atomic mass is 35.5. The van der Waals surface area contributed by atoms with Gasteiger partial charge in [-0.25, -0.2) is 27.9 Å². The van der Waals surface area contributed by atoms with E-state index in [1.807, 2.05) is 0 Å². The number of allylic oxidation sites excluding steroid dienone is 2.